The number of nitrogens with zero attached hydrogens (tertiary/aromatic N) is 3. The molecule has 0 aromatic carbocycles. The zero-order valence-electron chi connectivity index (χ0n) is 14.7. The van der Waals surface area contributed by atoms with Crippen LogP contribution in [0.4, 0.5) is 0 Å². The van der Waals surface area contributed by atoms with Gasteiger partial charge in [0.1, 0.15) is 5.82 Å². The van der Waals surface area contributed by atoms with Gasteiger partial charge in [0.25, 0.3) is 0 Å². The maximum absolute atomic E-state index is 12.3. The summed E-state index contributed by atoms with van der Waals surface area (Å²) < 4.78 is 1.99. The highest BCUT2D eigenvalue weighted by atomic mass is 32.2. The molecule has 2 aromatic rings. The second kappa shape index (κ2) is 9.38. The van der Waals surface area contributed by atoms with Crippen molar-refractivity contribution >= 4 is 29.0 Å². The van der Waals surface area contributed by atoms with E-state index in [9.17, 15) is 4.79 Å². The normalized spacial score (nSPS) is 16.4. The fraction of sp³-hybridized carbons (Fsp3) is 0.611. The molecule has 2 heterocycles. The van der Waals surface area contributed by atoms with Crippen LogP contribution < -0.4 is 5.32 Å². The molecule has 1 N–H and O–H groups in total. The molecule has 2 aromatic heterocycles. The van der Waals surface area contributed by atoms with Crippen LogP contribution in [-0.2, 0) is 18.3 Å². The van der Waals surface area contributed by atoms with Crippen molar-refractivity contribution in [2.24, 2.45) is 7.05 Å². The predicted octanol–water partition coefficient (Wildman–Crippen LogP) is 3.79. The van der Waals surface area contributed by atoms with Gasteiger partial charge in [-0.1, -0.05) is 49.9 Å². The van der Waals surface area contributed by atoms with Crippen LogP contribution in [0.2, 0.25) is 0 Å². The highest BCUT2D eigenvalue weighted by Crippen LogP contribution is 2.20. The first-order valence-corrected chi connectivity index (χ1v) is 10.9. The maximum Gasteiger partial charge on any atom is 0.230 e. The van der Waals surface area contributed by atoms with E-state index >= 15 is 0 Å². The smallest absolute Gasteiger partial charge is 0.230 e. The lowest BCUT2D eigenvalue weighted by atomic mass is 9.97. The molecule has 1 aliphatic carbocycles. The Kier molecular flexibility index (Phi) is 6.93. The van der Waals surface area contributed by atoms with Crippen LogP contribution in [0.3, 0.4) is 0 Å². The van der Waals surface area contributed by atoms with Crippen LogP contribution in [0.5, 0.6) is 0 Å². The van der Waals surface area contributed by atoms with Crippen LogP contribution in [0.25, 0.3) is 0 Å². The van der Waals surface area contributed by atoms with Crippen molar-refractivity contribution in [2.75, 3.05) is 5.75 Å². The lowest BCUT2D eigenvalue weighted by molar-refractivity contribution is -0.119. The van der Waals surface area contributed by atoms with E-state index in [1.54, 1.807) is 11.3 Å². The summed E-state index contributed by atoms with van der Waals surface area (Å²) in [6.45, 7) is 0. The molecule has 7 heteroatoms. The average molecular weight is 379 g/mol. The summed E-state index contributed by atoms with van der Waals surface area (Å²) in [6, 6.07) is 4.50. The fourth-order valence-electron chi connectivity index (χ4n) is 3.19. The predicted molar refractivity (Wildman–Crippen MR) is 103 cm³/mol. The topological polar surface area (TPSA) is 59.8 Å². The van der Waals surface area contributed by atoms with E-state index in [1.807, 2.05) is 17.7 Å². The minimum Gasteiger partial charge on any atom is -0.353 e. The second-order valence-corrected chi connectivity index (χ2v) is 8.59. The Hall–Kier alpha value is -1.34. The van der Waals surface area contributed by atoms with Crippen LogP contribution >= 0.6 is 23.1 Å². The third-order valence-electron chi connectivity index (χ3n) is 4.64. The summed E-state index contributed by atoms with van der Waals surface area (Å²) in [5.41, 5.74) is 0. The highest BCUT2D eigenvalue weighted by Gasteiger charge is 2.16. The first kappa shape index (κ1) is 18.5. The van der Waals surface area contributed by atoms with Gasteiger partial charge in [0, 0.05) is 24.4 Å². The third kappa shape index (κ3) is 5.57. The standard InChI is InChI=1S/C18H26N4OS2/c1-22-16(12-15-10-7-11-24-15)20-21-18(22)25-13-17(23)19-14-8-5-3-2-4-6-9-14/h7,10-11,14H,2-6,8-9,12-13H2,1H3,(H,19,23). The van der Waals surface area contributed by atoms with Gasteiger partial charge in [-0.05, 0) is 24.3 Å². The Labute approximate surface area is 157 Å². The number of aromatic nitrogens is 3. The number of thiophene rings is 1. The Morgan fingerprint density at radius 2 is 2.04 bits per heavy atom. The van der Waals surface area contributed by atoms with Gasteiger partial charge in [0.2, 0.25) is 5.91 Å². The fourth-order valence-corrected chi connectivity index (χ4v) is 4.64. The molecule has 5 nitrogen and oxygen atoms in total. The number of thioether (sulfide) groups is 1. The molecular weight excluding hydrogens is 352 g/mol. The van der Waals surface area contributed by atoms with E-state index in [0.717, 1.165) is 30.2 Å². The summed E-state index contributed by atoms with van der Waals surface area (Å²) in [6.07, 6.45) is 9.42. The molecular formula is C18H26N4OS2. The highest BCUT2D eigenvalue weighted by molar-refractivity contribution is 7.99. The molecule has 0 unspecified atom stereocenters. The van der Waals surface area contributed by atoms with E-state index in [-0.39, 0.29) is 5.91 Å². The lowest BCUT2D eigenvalue weighted by Gasteiger charge is -2.20. The van der Waals surface area contributed by atoms with Gasteiger partial charge >= 0.3 is 0 Å². The van der Waals surface area contributed by atoms with Crippen LogP contribution in [0.15, 0.2) is 22.7 Å². The van der Waals surface area contributed by atoms with Crippen LogP contribution in [-0.4, -0.2) is 32.5 Å². The van der Waals surface area contributed by atoms with Crippen LogP contribution in [0, 0.1) is 0 Å². The second-order valence-electron chi connectivity index (χ2n) is 6.61. The number of hydrogen-bond donors (Lipinski definition) is 1. The van der Waals surface area contributed by atoms with Gasteiger partial charge < -0.3 is 9.88 Å². The molecule has 0 spiro atoms. The van der Waals surface area contributed by atoms with E-state index < -0.39 is 0 Å². The minimum absolute atomic E-state index is 0.110. The Balaban J connectivity index is 1.47. The molecule has 0 saturated heterocycles. The zero-order chi connectivity index (χ0) is 17.5. The molecule has 1 aliphatic rings. The monoisotopic (exact) mass is 378 g/mol. The van der Waals surface area contributed by atoms with E-state index in [1.165, 1.54) is 48.7 Å². The summed E-state index contributed by atoms with van der Waals surface area (Å²) in [5, 5.41) is 14.6. The van der Waals surface area contributed by atoms with Gasteiger partial charge in [0.15, 0.2) is 5.16 Å². The number of carbonyl (C=O) groups excluding carboxylic acids is 1. The Bertz CT molecular complexity index is 661. The number of rotatable bonds is 6. The summed E-state index contributed by atoms with van der Waals surface area (Å²) in [5.74, 6) is 1.45. The van der Waals surface area contributed by atoms with Gasteiger partial charge in [-0.3, -0.25) is 4.79 Å². The SMILES string of the molecule is Cn1c(Cc2cccs2)nnc1SCC(=O)NC1CCCCCCC1. The molecule has 1 amide bonds. The van der Waals surface area contributed by atoms with Crippen LogP contribution in [0.1, 0.15) is 55.6 Å². The van der Waals surface area contributed by atoms with Gasteiger partial charge in [-0.2, -0.15) is 0 Å². The van der Waals surface area contributed by atoms with Crippen molar-refractivity contribution in [3.8, 4) is 0 Å². The van der Waals surface area contributed by atoms with Gasteiger partial charge in [-0.25, -0.2) is 0 Å². The van der Waals surface area contributed by atoms with Crippen molar-refractivity contribution in [2.45, 2.75) is 62.6 Å². The average Bonchev–Trinajstić information content (AvgIpc) is 3.20. The number of carbonyl (C=O) groups is 1. The maximum atomic E-state index is 12.3. The number of hydrogen-bond acceptors (Lipinski definition) is 5. The first-order chi connectivity index (χ1) is 12.2. The van der Waals surface area contributed by atoms with Crippen molar-refractivity contribution in [1.82, 2.24) is 20.1 Å². The van der Waals surface area contributed by atoms with Gasteiger partial charge in [0.05, 0.1) is 5.75 Å². The van der Waals surface area contributed by atoms with E-state index in [4.69, 9.17) is 0 Å². The molecule has 0 bridgehead atoms. The van der Waals surface area contributed by atoms with Gasteiger partial charge in [-0.15, -0.1) is 21.5 Å². The Morgan fingerprint density at radius 1 is 1.28 bits per heavy atom. The molecule has 0 atom stereocenters. The number of nitrogens with one attached hydrogen (secondary N) is 1. The summed E-state index contributed by atoms with van der Waals surface area (Å²) >= 11 is 3.19. The lowest BCUT2D eigenvalue weighted by Crippen LogP contribution is -2.36. The summed E-state index contributed by atoms with van der Waals surface area (Å²) in [4.78, 5) is 13.5. The van der Waals surface area contributed by atoms with Crippen molar-refractivity contribution in [1.29, 1.82) is 0 Å². The Morgan fingerprint density at radius 3 is 2.76 bits per heavy atom. The zero-order valence-corrected chi connectivity index (χ0v) is 16.4. The third-order valence-corrected chi connectivity index (χ3v) is 6.54. The van der Waals surface area contributed by atoms with Crippen molar-refractivity contribution < 1.29 is 4.79 Å². The molecule has 3 rings (SSSR count). The molecule has 1 saturated carbocycles. The minimum atomic E-state index is 0.110. The molecule has 0 radical (unpaired) electrons. The molecule has 1 fully saturated rings. The van der Waals surface area contributed by atoms with E-state index in [2.05, 4.69) is 27.0 Å². The first-order valence-electron chi connectivity index (χ1n) is 9.05. The molecule has 0 aliphatic heterocycles. The molecule has 136 valence electrons. The van der Waals surface area contributed by atoms with E-state index in [0.29, 0.717) is 11.8 Å². The van der Waals surface area contributed by atoms with Crippen molar-refractivity contribution in [3.63, 3.8) is 0 Å². The molecule has 25 heavy (non-hydrogen) atoms. The van der Waals surface area contributed by atoms with Crippen molar-refractivity contribution in [3.05, 3.63) is 28.2 Å². The number of amides is 1. The largest absolute Gasteiger partial charge is 0.353 e. The quantitative estimate of drug-likeness (QED) is 0.777. The summed E-state index contributed by atoms with van der Waals surface area (Å²) in [7, 11) is 1.97.